The molecule has 0 aliphatic rings. The molecule has 0 rings (SSSR count). The zero-order valence-electron chi connectivity index (χ0n) is 6.66. The minimum atomic E-state index is 1.20. The molecule has 0 radical (unpaired) electrons. The van der Waals surface area contributed by atoms with Gasteiger partial charge in [0.2, 0.25) is 0 Å². The van der Waals surface area contributed by atoms with Crippen LogP contribution < -0.4 is 0 Å². The van der Waals surface area contributed by atoms with Crippen LogP contribution in [0.5, 0.6) is 0 Å². The van der Waals surface area contributed by atoms with Crippen molar-refractivity contribution in [2.75, 3.05) is 11.5 Å². The van der Waals surface area contributed by atoms with Crippen LogP contribution in [0.4, 0.5) is 0 Å². The number of thiol groups is 2. The summed E-state index contributed by atoms with van der Waals surface area (Å²) >= 11 is 8.16. The van der Waals surface area contributed by atoms with E-state index in [-0.39, 0.29) is 0 Å². The highest BCUT2D eigenvalue weighted by Crippen LogP contribution is 2.13. The molecule has 0 unspecified atom stereocenters. The maximum Gasteiger partial charge on any atom is 0.00345 e. The summed E-state index contributed by atoms with van der Waals surface area (Å²) in [6.07, 6.45) is 6.75. The van der Waals surface area contributed by atoms with Crippen molar-refractivity contribution in [3.8, 4) is 0 Å². The number of rotatable bonds is 8. The zero-order valence-corrected chi connectivity index (χ0v) is 10.1. The molecule has 0 fully saturated rings. The Morgan fingerprint density at radius 2 is 1.00 bits per heavy atom. The first-order valence-electron chi connectivity index (χ1n) is 3.94. The minimum absolute atomic E-state index is 1.20. The van der Waals surface area contributed by atoms with Gasteiger partial charge in [0.15, 0.2) is 0 Å². The van der Waals surface area contributed by atoms with E-state index in [0.29, 0.717) is 0 Å². The molecule has 0 nitrogen and oxygen atoms in total. The van der Waals surface area contributed by atoms with Crippen molar-refractivity contribution < 1.29 is 0 Å². The van der Waals surface area contributed by atoms with Crippen molar-refractivity contribution in [1.29, 1.82) is 0 Å². The first kappa shape index (κ1) is 12.4. The number of unbranched alkanes of at least 4 members (excludes halogenated alkanes) is 4. The van der Waals surface area contributed by atoms with Crippen LogP contribution in [0.25, 0.3) is 0 Å². The summed E-state index contributed by atoms with van der Waals surface area (Å²) in [7, 11) is 3.30. The van der Waals surface area contributed by atoms with Gasteiger partial charge >= 0.3 is 0 Å². The highest BCUT2D eigenvalue weighted by Gasteiger charge is 1.89. The number of hydrogen-bond acceptors (Lipinski definition) is 4. The fourth-order valence-electron chi connectivity index (χ4n) is 0.864. The van der Waals surface area contributed by atoms with Gasteiger partial charge in [-0.15, -0.1) is 23.3 Å². The van der Waals surface area contributed by atoms with Crippen molar-refractivity contribution >= 4 is 44.9 Å². The van der Waals surface area contributed by atoms with E-state index >= 15 is 0 Å². The SMILES string of the molecule is SSCCCCCCCSS. The van der Waals surface area contributed by atoms with Crippen LogP contribution in [0.1, 0.15) is 32.1 Å². The third kappa shape index (κ3) is 11.4. The molecule has 0 aliphatic carbocycles. The molecular weight excluding hydrogens is 212 g/mol. The van der Waals surface area contributed by atoms with Gasteiger partial charge in [-0.2, -0.15) is 0 Å². The van der Waals surface area contributed by atoms with E-state index in [4.69, 9.17) is 0 Å². The van der Waals surface area contributed by atoms with Crippen LogP contribution in [0.3, 0.4) is 0 Å². The zero-order chi connectivity index (χ0) is 8.36. The summed E-state index contributed by atoms with van der Waals surface area (Å²) in [5.41, 5.74) is 0. The third-order valence-electron chi connectivity index (χ3n) is 1.47. The lowest BCUT2D eigenvalue weighted by atomic mass is 10.2. The van der Waals surface area contributed by atoms with Crippen LogP contribution in [0, 0.1) is 0 Å². The Balaban J connectivity index is 2.69. The van der Waals surface area contributed by atoms with Gasteiger partial charge in [0.25, 0.3) is 0 Å². The Bertz CT molecular complexity index is 59.5. The Kier molecular flexibility index (Phi) is 12.9. The standard InChI is InChI=1S/C7H16S4/c8-10-6-4-2-1-3-5-7-11-9/h8-9H,1-7H2. The fraction of sp³-hybridized carbons (Fsp3) is 1.00. The van der Waals surface area contributed by atoms with E-state index < -0.39 is 0 Å². The molecule has 0 heterocycles. The van der Waals surface area contributed by atoms with E-state index in [9.17, 15) is 0 Å². The highest BCUT2D eigenvalue weighted by atomic mass is 33.1. The minimum Gasteiger partial charge on any atom is -0.111 e. The predicted octanol–water partition coefficient (Wildman–Crippen LogP) is 4.09. The second-order valence-electron chi connectivity index (χ2n) is 2.43. The van der Waals surface area contributed by atoms with E-state index in [1.807, 2.05) is 0 Å². The van der Waals surface area contributed by atoms with Gasteiger partial charge in [0.1, 0.15) is 0 Å². The van der Waals surface area contributed by atoms with Crippen molar-refractivity contribution in [3.63, 3.8) is 0 Å². The first-order chi connectivity index (χ1) is 5.41. The van der Waals surface area contributed by atoms with Crippen LogP contribution in [0.2, 0.25) is 0 Å². The second kappa shape index (κ2) is 11.4. The van der Waals surface area contributed by atoms with Gasteiger partial charge < -0.3 is 0 Å². The van der Waals surface area contributed by atoms with Gasteiger partial charge in [-0.1, -0.05) is 40.9 Å². The van der Waals surface area contributed by atoms with E-state index in [1.54, 1.807) is 21.6 Å². The molecule has 0 saturated carbocycles. The molecule has 0 aliphatic heterocycles. The lowest BCUT2D eigenvalue weighted by Gasteiger charge is -1.98. The molecule has 0 amide bonds. The van der Waals surface area contributed by atoms with Crippen LogP contribution in [-0.4, -0.2) is 11.5 Å². The average molecular weight is 228 g/mol. The fourth-order valence-corrected chi connectivity index (χ4v) is 2.30. The van der Waals surface area contributed by atoms with Crippen LogP contribution in [0.15, 0.2) is 0 Å². The molecule has 0 spiro atoms. The quantitative estimate of drug-likeness (QED) is 0.365. The third-order valence-corrected chi connectivity index (χ3v) is 3.51. The van der Waals surface area contributed by atoms with Gasteiger partial charge in [0.05, 0.1) is 0 Å². The Morgan fingerprint density at radius 1 is 0.636 bits per heavy atom. The summed E-state index contributed by atoms with van der Waals surface area (Å²) < 4.78 is 0. The molecule has 0 saturated heterocycles. The van der Waals surface area contributed by atoms with Crippen molar-refractivity contribution in [3.05, 3.63) is 0 Å². The lowest BCUT2D eigenvalue weighted by Crippen LogP contribution is -1.81. The summed E-state index contributed by atoms with van der Waals surface area (Å²) in [6, 6.07) is 0. The first-order valence-corrected chi connectivity index (χ1v) is 8.02. The molecule has 0 aromatic rings. The molecule has 0 bridgehead atoms. The normalized spacial score (nSPS) is 10.4. The van der Waals surface area contributed by atoms with E-state index in [0.717, 1.165) is 0 Å². The smallest absolute Gasteiger partial charge is 0.00345 e. The monoisotopic (exact) mass is 228 g/mol. The summed E-state index contributed by atoms with van der Waals surface area (Å²) in [6.45, 7) is 0. The molecular formula is C7H16S4. The van der Waals surface area contributed by atoms with E-state index in [2.05, 4.69) is 23.3 Å². The van der Waals surface area contributed by atoms with Crippen LogP contribution >= 0.6 is 44.9 Å². The molecule has 0 aromatic carbocycles. The predicted molar refractivity (Wildman–Crippen MR) is 66.0 cm³/mol. The van der Waals surface area contributed by atoms with Crippen molar-refractivity contribution in [1.82, 2.24) is 0 Å². The van der Waals surface area contributed by atoms with Gasteiger partial charge in [0, 0.05) is 11.5 Å². The van der Waals surface area contributed by atoms with E-state index in [1.165, 1.54) is 43.6 Å². The molecule has 0 atom stereocenters. The largest absolute Gasteiger partial charge is 0.111 e. The number of hydrogen-bond donors (Lipinski definition) is 2. The molecule has 0 N–H and O–H groups in total. The summed E-state index contributed by atoms with van der Waals surface area (Å²) in [5, 5.41) is 0. The van der Waals surface area contributed by atoms with Crippen molar-refractivity contribution in [2.45, 2.75) is 32.1 Å². The Morgan fingerprint density at radius 3 is 1.36 bits per heavy atom. The van der Waals surface area contributed by atoms with Gasteiger partial charge in [-0.25, -0.2) is 0 Å². The molecule has 11 heavy (non-hydrogen) atoms. The average Bonchev–Trinajstić information content (AvgIpc) is 2.03. The van der Waals surface area contributed by atoms with Gasteiger partial charge in [-0.3, -0.25) is 0 Å². The molecule has 0 aromatic heterocycles. The lowest BCUT2D eigenvalue weighted by molar-refractivity contribution is 0.663. The maximum absolute atomic E-state index is 4.08. The van der Waals surface area contributed by atoms with Crippen LogP contribution in [-0.2, 0) is 0 Å². The topological polar surface area (TPSA) is 0 Å². The van der Waals surface area contributed by atoms with Crippen molar-refractivity contribution in [2.24, 2.45) is 0 Å². The second-order valence-corrected chi connectivity index (χ2v) is 5.32. The molecule has 4 heteroatoms. The molecule has 68 valence electrons. The summed E-state index contributed by atoms with van der Waals surface area (Å²) in [5.74, 6) is 2.40. The maximum atomic E-state index is 4.08. The Hall–Kier alpha value is 1.40. The summed E-state index contributed by atoms with van der Waals surface area (Å²) in [4.78, 5) is 0. The van der Waals surface area contributed by atoms with Gasteiger partial charge in [-0.05, 0) is 12.8 Å². The Labute approximate surface area is 88.3 Å². The highest BCUT2D eigenvalue weighted by molar-refractivity contribution is 8.68.